The molecule has 0 radical (unpaired) electrons. The molecule has 0 spiro atoms. The maximum atomic E-state index is 3.70. The summed E-state index contributed by atoms with van der Waals surface area (Å²) in [5, 5.41) is 3.70. The second-order valence-corrected chi connectivity index (χ2v) is 6.12. The Labute approximate surface area is 94.4 Å². The Balaban J connectivity index is 2.08. The second kappa shape index (κ2) is 3.74. The summed E-state index contributed by atoms with van der Waals surface area (Å²) in [6.07, 6.45) is 5.45. The van der Waals surface area contributed by atoms with Gasteiger partial charge in [0.05, 0.1) is 0 Å². The molecule has 1 aliphatic heterocycles. The molecule has 0 bridgehead atoms. The molecule has 1 N–H and O–H groups in total. The third kappa shape index (κ3) is 1.94. The quantitative estimate of drug-likeness (QED) is 0.753. The van der Waals surface area contributed by atoms with E-state index in [-0.39, 0.29) is 0 Å². The summed E-state index contributed by atoms with van der Waals surface area (Å²) in [5.41, 5.74) is 0.850. The molecule has 1 heterocycles. The van der Waals surface area contributed by atoms with E-state index in [1.807, 2.05) is 0 Å². The van der Waals surface area contributed by atoms with Crippen molar-refractivity contribution in [1.82, 2.24) is 10.2 Å². The molecule has 2 heteroatoms. The van der Waals surface area contributed by atoms with Crippen molar-refractivity contribution in [2.45, 2.75) is 70.5 Å². The molecule has 2 aliphatic rings. The van der Waals surface area contributed by atoms with E-state index in [1.54, 1.807) is 0 Å². The minimum Gasteiger partial charge on any atom is -0.309 e. The van der Waals surface area contributed by atoms with Gasteiger partial charge in [0.15, 0.2) is 0 Å². The Hall–Kier alpha value is -0.0800. The van der Waals surface area contributed by atoms with Crippen LogP contribution in [-0.4, -0.2) is 35.1 Å². The van der Waals surface area contributed by atoms with E-state index in [9.17, 15) is 0 Å². The van der Waals surface area contributed by atoms with E-state index in [4.69, 9.17) is 0 Å². The summed E-state index contributed by atoms with van der Waals surface area (Å²) >= 11 is 0. The maximum Gasteiger partial charge on any atom is 0.0278 e. The molecule has 2 rings (SSSR count). The standard InChI is InChI=1S/C13H26N2/c1-5-12(3)10-15(11(2)9-14-12)13(4)7-6-8-13/h11,14H,5-10H2,1-4H3. The summed E-state index contributed by atoms with van der Waals surface area (Å²) in [4.78, 5) is 2.76. The van der Waals surface area contributed by atoms with Crippen molar-refractivity contribution in [1.29, 1.82) is 0 Å². The highest BCUT2D eigenvalue weighted by molar-refractivity contribution is 5.03. The van der Waals surface area contributed by atoms with Crippen LogP contribution >= 0.6 is 0 Å². The monoisotopic (exact) mass is 210 g/mol. The second-order valence-electron chi connectivity index (χ2n) is 6.12. The lowest BCUT2D eigenvalue weighted by molar-refractivity contribution is -0.0409. The van der Waals surface area contributed by atoms with Gasteiger partial charge in [-0.05, 0) is 46.5 Å². The van der Waals surface area contributed by atoms with Crippen LogP contribution in [-0.2, 0) is 0 Å². The number of nitrogens with zero attached hydrogens (tertiary/aromatic N) is 1. The molecule has 1 saturated heterocycles. The minimum atomic E-state index is 0.338. The van der Waals surface area contributed by atoms with Crippen LogP contribution in [0.4, 0.5) is 0 Å². The predicted molar refractivity (Wildman–Crippen MR) is 65.1 cm³/mol. The van der Waals surface area contributed by atoms with Gasteiger partial charge in [-0.25, -0.2) is 0 Å². The number of rotatable bonds is 2. The van der Waals surface area contributed by atoms with Crippen molar-refractivity contribution in [3.63, 3.8) is 0 Å². The molecule has 2 fully saturated rings. The average Bonchev–Trinajstić information content (AvgIpc) is 2.19. The zero-order chi connectivity index (χ0) is 11.1. The zero-order valence-corrected chi connectivity index (χ0v) is 10.8. The Morgan fingerprint density at radius 2 is 2.00 bits per heavy atom. The summed E-state index contributed by atoms with van der Waals surface area (Å²) < 4.78 is 0. The number of piperazine rings is 1. The van der Waals surface area contributed by atoms with Gasteiger partial charge in [0.1, 0.15) is 0 Å². The summed E-state index contributed by atoms with van der Waals surface area (Å²) in [7, 11) is 0. The Kier molecular flexibility index (Phi) is 2.85. The predicted octanol–water partition coefficient (Wildman–Crippen LogP) is 2.39. The van der Waals surface area contributed by atoms with Crippen LogP contribution in [0.3, 0.4) is 0 Å². The van der Waals surface area contributed by atoms with Crippen LogP contribution in [0.1, 0.15) is 53.4 Å². The van der Waals surface area contributed by atoms with Gasteiger partial charge in [0.25, 0.3) is 0 Å². The van der Waals surface area contributed by atoms with E-state index < -0.39 is 0 Å². The molecule has 2 nitrogen and oxygen atoms in total. The highest BCUT2D eigenvalue weighted by Gasteiger charge is 2.44. The first-order valence-electron chi connectivity index (χ1n) is 6.51. The Morgan fingerprint density at radius 1 is 1.33 bits per heavy atom. The molecule has 88 valence electrons. The molecular weight excluding hydrogens is 184 g/mol. The highest BCUT2D eigenvalue weighted by atomic mass is 15.3. The molecular formula is C13H26N2. The van der Waals surface area contributed by atoms with Crippen LogP contribution < -0.4 is 5.32 Å². The first-order chi connectivity index (χ1) is 6.99. The van der Waals surface area contributed by atoms with Gasteiger partial charge in [0.2, 0.25) is 0 Å². The maximum absolute atomic E-state index is 3.70. The van der Waals surface area contributed by atoms with Gasteiger partial charge in [0, 0.05) is 30.2 Å². The first kappa shape index (κ1) is 11.4. The van der Waals surface area contributed by atoms with E-state index in [1.165, 1.54) is 32.2 Å². The third-order valence-electron chi connectivity index (χ3n) is 4.78. The summed E-state index contributed by atoms with van der Waals surface area (Å²) in [6, 6.07) is 0.704. The molecule has 0 amide bonds. The van der Waals surface area contributed by atoms with Crippen LogP contribution in [0, 0.1) is 0 Å². The molecule has 15 heavy (non-hydrogen) atoms. The van der Waals surface area contributed by atoms with Crippen LogP contribution in [0.25, 0.3) is 0 Å². The molecule has 0 aromatic heterocycles. The van der Waals surface area contributed by atoms with Crippen molar-refractivity contribution in [3.8, 4) is 0 Å². The van der Waals surface area contributed by atoms with Crippen molar-refractivity contribution in [3.05, 3.63) is 0 Å². The van der Waals surface area contributed by atoms with Gasteiger partial charge in [-0.2, -0.15) is 0 Å². The topological polar surface area (TPSA) is 15.3 Å². The fourth-order valence-electron chi connectivity index (χ4n) is 3.03. The SMILES string of the molecule is CCC1(C)CN(C2(C)CCC2)C(C)CN1. The largest absolute Gasteiger partial charge is 0.309 e. The van der Waals surface area contributed by atoms with Gasteiger partial charge in [-0.3, -0.25) is 4.90 Å². The molecule has 1 saturated carbocycles. The zero-order valence-electron chi connectivity index (χ0n) is 10.8. The van der Waals surface area contributed by atoms with Gasteiger partial charge in [-0.1, -0.05) is 6.92 Å². The van der Waals surface area contributed by atoms with Gasteiger partial charge in [-0.15, -0.1) is 0 Å². The van der Waals surface area contributed by atoms with E-state index >= 15 is 0 Å². The molecule has 0 aromatic rings. The molecule has 2 atom stereocenters. The molecule has 0 aromatic carbocycles. The molecule has 2 unspecified atom stereocenters. The summed E-state index contributed by atoms with van der Waals surface area (Å²) in [6.45, 7) is 11.9. The van der Waals surface area contributed by atoms with E-state index in [0.29, 0.717) is 17.1 Å². The highest BCUT2D eigenvalue weighted by Crippen LogP contribution is 2.40. The minimum absolute atomic E-state index is 0.338. The fraction of sp³-hybridized carbons (Fsp3) is 1.00. The van der Waals surface area contributed by atoms with Gasteiger partial charge >= 0.3 is 0 Å². The molecule has 1 aliphatic carbocycles. The van der Waals surface area contributed by atoms with E-state index in [2.05, 4.69) is 37.9 Å². The fourth-order valence-corrected chi connectivity index (χ4v) is 3.03. The first-order valence-corrected chi connectivity index (χ1v) is 6.51. The normalized spacial score (nSPS) is 41.2. The van der Waals surface area contributed by atoms with E-state index in [0.717, 1.165) is 6.54 Å². The van der Waals surface area contributed by atoms with Crippen molar-refractivity contribution < 1.29 is 0 Å². The summed E-state index contributed by atoms with van der Waals surface area (Å²) in [5.74, 6) is 0. The van der Waals surface area contributed by atoms with Crippen molar-refractivity contribution >= 4 is 0 Å². The smallest absolute Gasteiger partial charge is 0.0278 e. The van der Waals surface area contributed by atoms with Crippen LogP contribution in [0.2, 0.25) is 0 Å². The lowest BCUT2D eigenvalue weighted by Crippen LogP contribution is -2.68. The Morgan fingerprint density at radius 3 is 2.47 bits per heavy atom. The number of hydrogen-bond donors (Lipinski definition) is 1. The third-order valence-corrected chi connectivity index (χ3v) is 4.78. The van der Waals surface area contributed by atoms with Crippen molar-refractivity contribution in [2.24, 2.45) is 0 Å². The number of hydrogen-bond acceptors (Lipinski definition) is 2. The lowest BCUT2D eigenvalue weighted by Gasteiger charge is -2.56. The average molecular weight is 210 g/mol. The number of nitrogens with one attached hydrogen (secondary N) is 1. The van der Waals surface area contributed by atoms with Crippen molar-refractivity contribution in [2.75, 3.05) is 13.1 Å². The Bertz CT molecular complexity index is 235. The van der Waals surface area contributed by atoms with Gasteiger partial charge < -0.3 is 5.32 Å². The van der Waals surface area contributed by atoms with Crippen LogP contribution in [0.5, 0.6) is 0 Å². The lowest BCUT2D eigenvalue weighted by atomic mass is 9.74. The van der Waals surface area contributed by atoms with Crippen LogP contribution in [0.15, 0.2) is 0 Å².